The average molecular weight is 490 g/mol. The number of thiocarbonyl (C=S) groups is 1. The van der Waals surface area contributed by atoms with Crippen molar-refractivity contribution in [1.82, 2.24) is 9.80 Å². The Labute approximate surface area is 171 Å². The molecule has 0 N–H and O–H groups in total. The second-order valence-electron chi connectivity index (χ2n) is 5.31. The smallest absolute Gasteiger partial charge is 0.325 e. The van der Waals surface area contributed by atoms with E-state index in [9.17, 15) is 9.59 Å². The molecule has 0 bridgehead atoms. The van der Waals surface area contributed by atoms with E-state index in [0.717, 1.165) is 9.13 Å². The molecule has 26 heavy (non-hydrogen) atoms. The van der Waals surface area contributed by atoms with Crippen LogP contribution in [0.5, 0.6) is 11.5 Å². The molecule has 0 aromatic heterocycles. The zero-order valence-corrected chi connectivity index (χ0v) is 17.8. The SMILES string of the molecule is CCOc1cc(/C=C2/C(=O)N(C)C(=S)N2CC(=O)OC)cc(I)c1OC. The molecule has 1 aromatic rings. The highest BCUT2D eigenvalue weighted by Gasteiger charge is 2.36. The van der Waals surface area contributed by atoms with Crippen LogP contribution in [0.15, 0.2) is 17.8 Å². The molecule has 1 heterocycles. The van der Waals surface area contributed by atoms with Crippen LogP contribution in [0.3, 0.4) is 0 Å². The zero-order valence-electron chi connectivity index (χ0n) is 14.9. The van der Waals surface area contributed by atoms with Gasteiger partial charge in [-0.25, -0.2) is 0 Å². The van der Waals surface area contributed by atoms with Gasteiger partial charge in [-0.05, 0) is 65.5 Å². The predicted octanol–water partition coefficient (Wildman–Crippen LogP) is 2.27. The van der Waals surface area contributed by atoms with Crippen molar-refractivity contribution in [2.45, 2.75) is 6.92 Å². The highest BCUT2D eigenvalue weighted by atomic mass is 127. The lowest BCUT2D eigenvalue weighted by atomic mass is 10.1. The number of amides is 1. The summed E-state index contributed by atoms with van der Waals surface area (Å²) >= 11 is 7.41. The highest BCUT2D eigenvalue weighted by Crippen LogP contribution is 2.35. The fourth-order valence-corrected chi connectivity index (χ4v) is 3.53. The minimum atomic E-state index is -0.485. The minimum Gasteiger partial charge on any atom is -0.492 e. The number of nitrogens with zero attached hydrogens (tertiary/aromatic N) is 2. The van der Waals surface area contributed by atoms with Gasteiger partial charge in [-0.3, -0.25) is 14.5 Å². The molecule has 1 aliphatic rings. The number of hydrogen-bond donors (Lipinski definition) is 0. The van der Waals surface area contributed by atoms with Crippen molar-refractivity contribution in [2.24, 2.45) is 0 Å². The van der Waals surface area contributed by atoms with Gasteiger partial charge in [0.2, 0.25) is 0 Å². The van der Waals surface area contributed by atoms with Crippen molar-refractivity contribution in [2.75, 3.05) is 34.4 Å². The number of hydrogen-bond acceptors (Lipinski definition) is 6. The maximum Gasteiger partial charge on any atom is 0.325 e. The van der Waals surface area contributed by atoms with Gasteiger partial charge in [-0.2, -0.15) is 0 Å². The summed E-state index contributed by atoms with van der Waals surface area (Å²) in [7, 11) is 4.43. The Morgan fingerprint density at radius 1 is 1.35 bits per heavy atom. The Kier molecular flexibility index (Phi) is 6.81. The molecule has 0 atom stereocenters. The van der Waals surface area contributed by atoms with E-state index < -0.39 is 5.97 Å². The van der Waals surface area contributed by atoms with E-state index in [0.29, 0.717) is 23.8 Å². The lowest BCUT2D eigenvalue weighted by molar-refractivity contribution is -0.140. The Balaban J connectivity index is 2.49. The second-order valence-corrected chi connectivity index (χ2v) is 6.83. The molecule has 2 rings (SSSR count). The van der Waals surface area contributed by atoms with Gasteiger partial charge < -0.3 is 19.1 Å². The number of likely N-dealkylation sites (N-methyl/N-ethyl adjacent to an activating group) is 1. The molecule has 1 amide bonds. The number of rotatable bonds is 6. The van der Waals surface area contributed by atoms with E-state index in [1.54, 1.807) is 26.3 Å². The number of esters is 1. The fourth-order valence-electron chi connectivity index (χ4n) is 2.43. The first-order valence-electron chi connectivity index (χ1n) is 7.72. The first kappa shape index (κ1) is 20.4. The van der Waals surface area contributed by atoms with Crippen molar-refractivity contribution in [3.63, 3.8) is 0 Å². The molecule has 0 aliphatic carbocycles. The number of ether oxygens (including phenoxy) is 3. The number of carbonyl (C=O) groups excluding carboxylic acids is 2. The molecule has 0 saturated carbocycles. The number of carbonyl (C=O) groups is 2. The molecule has 7 nitrogen and oxygen atoms in total. The Morgan fingerprint density at radius 3 is 2.62 bits per heavy atom. The zero-order chi connectivity index (χ0) is 19.4. The molecule has 0 spiro atoms. The summed E-state index contributed by atoms with van der Waals surface area (Å²) in [4.78, 5) is 27.0. The van der Waals surface area contributed by atoms with Crippen LogP contribution in [0.2, 0.25) is 0 Å². The van der Waals surface area contributed by atoms with Crippen LogP contribution < -0.4 is 9.47 Å². The van der Waals surface area contributed by atoms with Gasteiger partial charge in [-0.15, -0.1) is 0 Å². The molecule has 1 aromatic carbocycles. The summed E-state index contributed by atoms with van der Waals surface area (Å²) in [6.07, 6.45) is 1.67. The summed E-state index contributed by atoms with van der Waals surface area (Å²) in [5.41, 5.74) is 1.03. The first-order valence-corrected chi connectivity index (χ1v) is 9.21. The fraction of sp³-hybridized carbons (Fsp3) is 0.353. The van der Waals surface area contributed by atoms with Crippen LogP contribution in [0.1, 0.15) is 12.5 Å². The van der Waals surface area contributed by atoms with E-state index in [-0.39, 0.29) is 17.6 Å². The normalized spacial score (nSPS) is 15.7. The third-order valence-electron chi connectivity index (χ3n) is 3.69. The second kappa shape index (κ2) is 8.67. The molecule has 0 unspecified atom stereocenters. The van der Waals surface area contributed by atoms with Crippen LogP contribution in [0.4, 0.5) is 0 Å². The summed E-state index contributed by atoms with van der Waals surface area (Å²) in [6, 6.07) is 3.64. The van der Waals surface area contributed by atoms with Crippen LogP contribution in [-0.4, -0.2) is 61.2 Å². The quantitative estimate of drug-likeness (QED) is 0.262. The van der Waals surface area contributed by atoms with Gasteiger partial charge in [0.15, 0.2) is 16.6 Å². The van der Waals surface area contributed by atoms with Gasteiger partial charge in [0.05, 0.1) is 24.4 Å². The van der Waals surface area contributed by atoms with E-state index in [2.05, 4.69) is 22.6 Å². The van der Waals surface area contributed by atoms with Gasteiger partial charge in [0.1, 0.15) is 12.2 Å². The van der Waals surface area contributed by atoms with Gasteiger partial charge >= 0.3 is 5.97 Å². The molecule has 140 valence electrons. The van der Waals surface area contributed by atoms with E-state index in [1.165, 1.54) is 16.9 Å². The topological polar surface area (TPSA) is 68.3 Å². The predicted molar refractivity (Wildman–Crippen MR) is 109 cm³/mol. The summed E-state index contributed by atoms with van der Waals surface area (Å²) in [5, 5.41) is 0.250. The molecule has 1 aliphatic heterocycles. The third-order valence-corrected chi connectivity index (χ3v) is 4.98. The monoisotopic (exact) mass is 490 g/mol. The lowest BCUT2D eigenvalue weighted by Gasteiger charge is -2.17. The third kappa shape index (κ3) is 4.09. The van der Waals surface area contributed by atoms with Gasteiger partial charge in [0.25, 0.3) is 5.91 Å². The highest BCUT2D eigenvalue weighted by molar-refractivity contribution is 14.1. The Morgan fingerprint density at radius 2 is 2.04 bits per heavy atom. The minimum absolute atomic E-state index is 0.136. The largest absolute Gasteiger partial charge is 0.492 e. The lowest BCUT2D eigenvalue weighted by Crippen LogP contribution is -2.33. The number of benzene rings is 1. The molecule has 9 heteroatoms. The van der Waals surface area contributed by atoms with Crippen molar-refractivity contribution in [3.8, 4) is 11.5 Å². The van der Waals surface area contributed by atoms with Crippen molar-refractivity contribution in [1.29, 1.82) is 0 Å². The number of halogens is 1. The standard InChI is InChI=1S/C17H19IN2O5S/c1-5-25-13-8-10(6-11(18)15(13)24-4)7-12-16(22)19(2)17(26)20(12)9-14(21)23-3/h6-8H,5,9H2,1-4H3/b12-7-. The molecular weight excluding hydrogens is 471 g/mol. The van der Waals surface area contributed by atoms with Gasteiger partial charge in [0, 0.05) is 7.05 Å². The molecule has 1 fully saturated rings. The maximum absolute atomic E-state index is 12.5. The summed E-state index contributed by atoms with van der Waals surface area (Å²) in [6.45, 7) is 2.22. The average Bonchev–Trinajstić information content (AvgIpc) is 2.80. The molecule has 0 radical (unpaired) electrons. The van der Waals surface area contributed by atoms with E-state index in [4.69, 9.17) is 26.4 Å². The van der Waals surface area contributed by atoms with Crippen molar-refractivity contribution >= 4 is 57.9 Å². The maximum atomic E-state index is 12.5. The van der Waals surface area contributed by atoms with Crippen molar-refractivity contribution < 1.29 is 23.8 Å². The van der Waals surface area contributed by atoms with E-state index >= 15 is 0 Å². The molecule has 1 saturated heterocycles. The Bertz CT molecular complexity index is 781. The van der Waals surface area contributed by atoms with Crippen LogP contribution in [0, 0.1) is 3.57 Å². The number of methoxy groups -OCH3 is 2. The van der Waals surface area contributed by atoms with Crippen LogP contribution >= 0.6 is 34.8 Å². The first-order chi connectivity index (χ1) is 12.3. The van der Waals surface area contributed by atoms with Crippen LogP contribution in [0.25, 0.3) is 6.08 Å². The van der Waals surface area contributed by atoms with Crippen molar-refractivity contribution in [3.05, 3.63) is 27.0 Å². The van der Waals surface area contributed by atoms with Gasteiger partial charge in [-0.1, -0.05) is 0 Å². The summed E-state index contributed by atoms with van der Waals surface area (Å²) < 4.78 is 16.5. The van der Waals surface area contributed by atoms with E-state index in [1.807, 2.05) is 13.0 Å². The van der Waals surface area contributed by atoms with Crippen LogP contribution in [-0.2, 0) is 14.3 Å². The Hall–Kier alpha value is -1.88. The summed E-state index contributed by atoms with van der Waals surface area (Å²) in [5.74, 6) is 0.435. The molecular formula is C17H19IN2O5S.